The largest absolute Gasteiger partial charge is 0.478 e. The molecule has 0 N–H and O–H groups in total. The van der Waals surface area contributed by atoms with Crippen LogP contribution in [0.15, 0.2) is 33.9 Å². The number of piperidine rings is 1. The van der Waals surface area contributed by atoms with Crippen LogP contribution in [0.2, 0.25) is 0 Å². The van der Waals surface area contributed by atoms with Crippen molar-refractivity contribution in [3.05, 3.63) is 36.0 Å². The number of hydrogen-bond acceptors (Lipinski definition) is 8. The van der Waals surface area contributed by atoms with Crippen LogP contribution >= 0.6 is 11.8 Å². The van der Waals surface area contributed by atoms with Crippen LogP contribution in [0.1, 0.15) is 38.7 Å². The zero-order chi connectivity index (χ0) is 21.5. The first-order chi connectivity index (χ1) is 14.5. The first-order valence-electron chi connectivity index (χ1n) is 9.79. The molecule has 1 aliphatic heterocycles. The summed E-state index contributed by atoms with van der Waals surface area (Å²) in [5.74, 6) is -0.426. The Bertz CT molecular complexity index is 870. The van der Waals surface area contributed by atoms with Gasteiger partial charge in [0.1, 0.15) is 0 Å². The number of amides is 1. The van der Waals surface area contributed by atoms with E-state index in [0.717, 1.165) is 11.8 Å². The van der Waals surface area contributed by atoms with Crippen molar-refractivity contribution in [2.45, 2.75) is 38.0 Å². The minimum atomic E-state index is -0.638. The highest BCUT2D eigenvalue weighted by Gasteiger charge is 2.28. The Morgan fingerprint density at radius 1 is 1.30 bits per heavy atom. The van der Waals surface area contributed by atoms with E-state index in [0.29, 0.717) is 32.5 Å². The van der Waals surface area contributed by atoms with Crippen LogP contribution in [0.5, 0.6) is 5.75 Å². The summed E-state index contributed by atoms with van der Waals surface area (Å²) >= 11 is 1.13. The van der Waals surface area contributed by atoms with Gasteiger partial charge in [0.2, 0.25) is 5.91 Å². The standard InChI is InChI=1S/C20H24FN3O5S/c1-3-27-19(26)14-8-10-24(11-9-14)17(25)12-30-20-23-22-18(29-20)13(2)28-16-7-5-4-6-15(16)21/h4-7,13-14H,3,8-12H2,1-2H3/t13-/m1/s1. The molecule has 0 saturated carbocycles. The van der Waals surface area contributed by atoms with Crippen LogP contribution in [0.3, 0.4) is 0 Å². The van der Waals surface area contributed by atoms with Gasteiger partial charge < -0.3 is 18.8 Å². The number of aromatic nitrogens is 2. The maximum absolute atomic E-state index is 13.7. The molecule has 0 radical (unpaired) electrons. The van der Waals surface area contributed by atoms with E-state index in [1.165, 1.54) is 12.1 Å². The van der Waals surface area contributed by atoms with E-state index in [4.69, 9.17) is 13.9 Å². The summed E-state index contributed by atoms with van der Waals surface area (Å²) in [6.07, 6.45) is 0.566. The SMILES string of the molecule is CCOC(=O)C1CCN(C(=O)CSc2nnc([C@@H](C)Oc3ccccc3F)o2)CC1. The van der Waals surface area contributed by atoms with Crippen molar-refractivity contribution in [2.24, 2.45) is 5.92 Å². The van der Waals surface area contributed by atoms with Gasteiger partial charge in [-0.25, -0.2) is 4.39 Å². The normalized spacial score (nSPS) is 15.6. The number of benzene rings is 1. The fourth-order valence-electron chi connectivity index (χ4n) is 3.06. The average Bonchev–Trinajstić information content (AvgIpc) is 3.23. The fraction of sp³-hybridized carbons (Fsp3) is 0.500. The number of likely N-dealkylation sites (tertiary alicyclic amines) is 1. The van der Waals surface area contributed by atoms with E-state index < -0.39 is 11.9 Å². The first-order valence-corrected chi connectivity index (χ1v) is 10.8. The minimum Gasteiger partial charge on any atom is -0.478 e. The van der Waals surface area contributed by atoms with E-state index >= 15 is 0 Å². The van der Waals surface area contributed by atoms with E-state index in [-0.39, 0.29) is 40.4 Å². The number of para-hydroxylation sites is 1. The van der Waals surface area contributed by atoms with Gasteiger partial charge in [-0.1, -0.05) is 23.9 Å². The number of esters is 1. The average molecular weight is 437 g/mol. The number of carbonyl (C=O) groups excluding carboxylic acids is 2. The molecule has 1 aromatic carbocycles. The third kappa shape index (κ3) is 5.71. The molecule has 0 spiro atoms. The monoisotopic (exact) mass is 437 g/mol. The molecule has 1 aliphatic rings. The summed E-state index contributed by atoms with van der Waals surface area (Å²) in [4.78, 5) is 25.9. The van der Waals surface area contributed by atoms with Crippen molar-refractivity contribution in [2.75, 3.05) is 25.4 Å². The van der Waals surface area contributed by atoms with Crippen LogP contribution in [0, 0.1) is 11.7 Å². The molecule has 1 amide bonds. The minimum absolute atomic E-state index is 0.0577. The van der Waals surface area contributed by atoms with E-state index in [1.807, 2.05) is 0 Å². The smallest absolute Gasteiger partial charge is 0.309 e. The highest BCUT2D eigenvalue weighted by atomic mass is 32.2. The summed E-state index contributed by atoms with van der Waals surface area (Å²) in [5, 5.41) is 8.07. The quantitative estimate of drug-likeness (QED) is 0.459. The summed E-state index contributed by atoms with van der Waals surface area (Å²) in [6, 6.07) is 6.06. The summed E-state index contributed by atoms with van der Waals surface area (Å²) in [6.45, 7) is 4.86. The van der Waals surface area contributed by atoms with Gasteiger partial charge in [-0.05, 0) is 38.8 Å². The third-order valence-electron chi connectivity index (χ3n) is 4.70. The maximum Gasteiger partial charge on any atom is 0.309 e. The topological polar surface area (TPSA) is 94.8 Å². The Hall–Kier alpha value is -2.62. The zero-order valence-corrected chi connectivity index (χ0v) is 17.7. The molecule has 1 aromatic heterocycles. The van der Waals surface area contributed by atoms with Gasteiger partial charge in [0, 0.05) is 13.1 Å². The lowest BCUT2D eigenvalue weighted by atomic mass is 9.97. The number of thioether (sulfide) groups is 1. The second-order valence-corrected chi connectivity index (χ2v) is 7.72. The molecular weight excluding hydrogens is 413 g/mol. The second-order valence-electron chi connectivity index (χ2n) is 6.79. The first kappa shape index (κ1) is 22.1. The molecular formula is C20H24FN3O5S. The Labute approximate surface area is 178 Å². The zero-order valence-electron chi connectivity index (χ0n) is 16.9. The molecule has 1 saturated heterocycles. The van der Waals surface area contributed by atoms with E-state index in [9.17, 15) is 14.0 Å². The van der Waals surface area contributed by atoms with Crippen molar-refractivity contribution >= 4 is 23.6 Å². The van der Waals surface area contributed by atoms with Gasteiger partial charge in [-0.3, -0.25) is 9.59 Å². The molecule has 2 aromatic rings. The molecule has 0 unspecified atom stereocenters. The predicted octanol–water partition coefficient (Wildman–Crippen LogP) is 3.24. The number of rotatable bonds is 8. The molecule has 162 valence electrons. The molecule has 2 heterocycles. The summed E-state index contributed by atoms with van der Waals surface area (Å²) in [7, 11) is 0. The van der Waals surface area contributed by atoms with Gasteiger partial charge in [-0.15, -0.1) is 10.2 Å². The molecule has 0 aliphatic carbocycles. The maximum atomic E-state index is 13.7. The van der Waals surface area contributed by atoms with Crippen molar-refractivity contribution in [1.82, 2.24) is 15.1 Å². The molecule has 8 nitrogen and oxygen atoms in total. The van der Waals surface area contributed by atoms with Crippen molar-refractivity contribution in [3.8, 4) is 5.75 Å². The Morgan fingerprint density at radius 3 is 2.73 bits per heavy atom. The molecule has 30 heavy (non-hydrogen) atoms. The van der Waals surface area contributed by atoms with E-state index in [2.05, 4.69) is 10.2 Å². The van der Waals surface area contributed by atoms with Crippen LogP contribution < -0.4 is 4.74 Å². The van der Waals surface area contributed by atoms with Gasteiger partial charge in [0.15, 0.2) is 17.7 Å². The summed E-state index contributed by atoms with van der Waals surface area (Å²) < 4.78 is 29.8. The molecule has 10 heteroatoms. The van der Waals surface area contributed by atoms with Gasteiger partial charge >= 0.3 is 5.97 Å². The number of nitrogens with zero attached hydrogens (tertiary/aromatic N) is 3. The Kier molecular flexibility index (Phi) is 7.67. The van der Waals surface area contributed by atoms with Crippen molar-refractivity contribution < 1.29 is 27.9 Å². The van der Waals surface area contributed by atoms with Crippen LogP contribution in [-0.2, 0) is 14.3 Å². The second kappa shape index (κ2) is 10.4. The Morgan fingerprint density at radius 2 is 2.03 bits per heavy atom. The molecule has 1 fully saturated rings. The number of halogens is 1. The lowest BCUT2D eigenvalue weighted by molar-refractivity contribution is -0.151. The lowest BCUT2D eigenvalue weighted by Crippen LogP contribution is -2.41. The molecule has 1 atom stereocenters. The predicted molar refractivity (Wildman–Crippen MR) is 106 cm³/mol. The van der Waals surface area contributed by atoms with Gasteiger partial charge in [0.05, 0.1) is 18.3 Å². The molecule has 0 bridgehead atoms. The van der Waals surface area contributed by atoms with Crippen LogP contribution in [0.25, 0.3) is 0 Å². The molecule has 3 rings (SSSR count). The number of hydrogen-bond donors (Lipinski definition) is 0. The van der Waals surface area contributed by atoms with E-state index in [1.54, 1.807) is 30.9 Å². The van der Waals surface area contributed by atoms with Crippen LogP contribution in [-0.4, -0.2) is 52.4 Å². The highest BCUT2D eigenvalue weighted by molar-refractivity contribution is 7.99. The van der Waals surface area contributed by atoms with Crippen molar-refractivity contribution in [1.29, 1.82) is 0 Å². The number of carbonyl (C=O) groups is 2. The Balaban J connectivity index is 1.45. The highest BCUT2D eigenvalue weighted by Crippen LogP contribution is 2.26. The summed E-state index contributed by atoms with van der Waals surface area (Å²) in [5.41, 5.74) is 0. The lowest BCUT2D eigenvalue weighted by Gasteiger charge is -2.30. The van der Waals surface area contributed by atoms with Gasteiger partial charge in [0.25, 0.3) is 11.1 Å². The number of ether oxygens (including phenoxy) is 2. The van der Waals surface area contributed by atoms with Gasteiger partial charge in [-0.2, -0.15) is 0 Å². The van der Waals surface area contributed by atoms with Crippen LogP contribution in [0.4, 0.5) is 4.39 Å². The third-order valence-corrected chi connectivity index (χ3v) is 5.50. The van der Waals surface area contributed by atoms with Crippen molar-refractivity contribution in [3.63, 3.8) is 0 Å². The fourth-order valence-corrected chi connectivity index (χ4v) is 3.74.